The third-order valence-electron chi connectivity index (χ3n) is 1.54. The van der Waals surface area contributed by atoms with Crippen LogP contribution >= 0.6 is 35.5 Å². The van der Waals surface area contributed by atoms with Gasteiger partial charge >= 0.3 is 0 Å². The monoisotopic (exact) mass is 289 g/mol. The Morgan fingerprint density at radius 2 is 1.75 bits per heavy atom. The number of benzene rings is 1. The van der Waals surface area contributed by atoms with Crippen molar-refractivity contribution in [2.24, 2.45) is 0 Å². The predicted molar refractivity (Wildman–Crippen MR) is 63.0 cm³/mol. The van der Waals surface area contributed by atoms with E-state index in [1.807, 2.05) is 24.4 Å². The lowest BCUT2D eigenvalue weighted by molar-refractivity contribution is 1.56. The van der Waals surface area contributed by atoms with Gasteiger partial charge in [-0.3, -0.25) is 0 Å². The Balaban J connectivity index is 0.000000720. The van der Waals surface area contributed by atoms with Crippen LogP contribution in [0.5, 0.6) is 0 Å². The fraction of sp³-hybridized carbons (Fsp3) is 0. The Hall–Kier alpha value is -0.420. The first kappa shape index (κ1) is 9.67. The van der Waals surface area contributed by atoms with Gasteiger partial charge in [-0.1, -0.05) is 30.3 Å². The van der Waals surface area contributed by atoms with E-state index in [1.165, 1.54) is 22.7 Å². The van der Waals surface area contributed by atoms with Gasteiger partial charge in [-0.25, -0.2) is 4.37 Å². The molecule has 0 aliphatic rings. The molecule has 0 radical (unpaired) electrons. The second-order valence-corrected chi connectivity index (χ2v) is 2.94. The zero-order chi connectivity index (χ0) is 7.52. The lowest BCUT2D eigenvalue weighted by Gasteiger charge is -1.92. The van der Waals surface area contributed by atoms with E-state index in [0.29, 0.717) is 0 Å². The molecule has 1 aromatic heterocycles. The second kappa shape index (κ2) is 4.57. The highest BCUT2D eigenvalue weighted by atomic mass is 127. The summed E-state index contributed by atoms with van der Waals surface area (Å²) in [4.78, 5) is 0. The Morgan fingerprint density at radius 3 is 2.33 bits per heavy atom. The second-order valence-electron chi connectivity index (χ2n) is 2.28. The number of nitrogens with zero attached hydrogens (tertiary/aromatic N) is 1. The van der Waals surface area contributed by atoms with E-state index in [2.05, 4.69) is 21.9 Å². The molecule has 0 aliphatic heterocycles. The van der Waals surface area contributed by atoms with E-state index >= 15 is 0 Å². The number of aromatic nitrogens is 1. The molecule has 0 aliphatic carbocycles. The first-order valence-corrected chi connectivity index (χ1v) is 4.25. The average Bonchev–Trinajstić information content (AvgIpc) is 2.58. The molecule has 0 N–H and O–H groups in total. The first-order chi connectivity index (χ1) is 5.47. The van der Waals surface area contributed by atoms with Gasteiger partial charge in [-0.15, -0.1) is 24.0 Å². The minimum absolute atomic E-state index is 0. The Labute approximate surface area is 92.6 Å². The molecule has 0 bridgehead atoms. The highest BCUT2D eigenvalue weighted by Gasteiger charge is 1.94. The fourth-order valence-electron chi connectivity index (χ4n) is 0.978. The van der Waals surface area contributed by atoms with Crippen LogP contribution in [0, 0.1) is 0 Å². The quantitative estimate of drug-likeness (QED) is 0.733. The number of halogens is 1. The summed E-state index contributed by atoms with van der Waals surface area (Å²) in [5.74, 6) is 0. The fourth-order valence-corrected chi connectivity index (χ4v) is 1.52. The van der Waals surface area contributed by atoms with Crippen LogP contribution in [0.15, 0.2) is 41.9 Å². The predicted octanol–water partition coefficient (Wildman–Crippen LogP) is 3.43. The van der Waals surface area contributed by atoms with Gasteiger partial charge in [0, 0.05) is 17.1 Å². The van der Waals surface area contributed by atoms with Crippen molar-refractivity contribution < 1.29 is 0 Å². The van der Waals surface area contributed by atoms with E-state index in [4.69, 9.17) is 0 Å². The third-order valence-corrected chi connectivity index (χ3v) is 2.13. The molecule has 12 heavy (non-hydrogen) atoms. The molecule has 3 heteroatoms. The van der Waals surface area contributed by atoms with Gasteiger partial charge in [0.1, 0.15) is 0 Å². The lowest BCUT2D eigenvalue weighted by Crippen LogP contribution is -1.69. The van der Waals surface area contributed by atoms with Crippen LogP contribution in [-0.4, -0.2) is 4.37 Å². The SMILES string of the molecule is I.c1ccc(-c2cnsc2)cc1. The smallest absolute Gasteiger partial charge is 0.0485 e. The zero-order valence-electron chi connectivity index (χ0n) is 6.31. The molecular formula is C9H8INS. The summed E-state index contributed by atoms with van der Waals surface area (Å²) in [6.45, 7) is 0. The minimum Gasteiger partial charge on any atom is -0.201 e. The van der Waals surface area contributed by atoms with Gasteiger partial charge < -0.3 is 0 Å². The molecule has 0 spiro atoms. The molecule has 0 saturated heterocycles. The molecule has 1 aromatic carbocycles. The molecule has 1 heterocycles. The summed E-state index contributed by atoms with van der Waals surface area (Å²) < 4.78 is 4.04. The normalized spacial score (nSPS) is 9.00. The topological polar surface area (TPSA) is 12.9 Å². The van der Waals surface area contributed by atoms with Crippen LogP contribution in [0.4, 0.5) is 0 Å². The summed E-state index contributed by atoms with van der Waals surface area (Å²) in [6, 6.07) is 10.3. The van der Waals surface area contributed by atoms with Crippen LogP contribution in [0.1, 0.15) is 0 Å². The van der Waals surface area contributed by atoms with Gasteiger partial charge in [0.2, 0.25) is 0 Å². The summed E-state index contributed by atoms with van der Waals surface area (Å²) in [6.07, 6.45) is 1.89. The van der Waals surface area contributed by atoms with Gasteiger partial charge in [-0.2, -0.15) is 0 Å². The van der Waals surface area contributed by atoms with Crippen molar-refractivity contribution in [2.45, 2.75) is 0 Å². The van der Waals surface area contributed by atoms with Crippen molar-refractivity contribution >= 4 is 35.5 Å². The van der Waals surface area contributed by atoms with Crippen molar-refractivity contribution in [1.29, 1.82) is 0 Å². The summed E-state index contributed by atoms with van der Waals surface area (Å²) in [7, 11) is 0. The zero-order valence-corrected chi connectivity index (χ0v) is 9.45. The first-order valence-electron chi connectivity index (χ1n) is 3.41. The molecule has 62 valence electrons. The molecule has 2 aromatic rings. The van der Waals surface area contributed by atoms with Crippen LogP contribution in [0.3, 0.4) is 0 Å². The molecule has 0 amide bonds. The van der Waals surface area contributed by atoms with Gasteiger partial charge in [0.25, 0.3) is 0 Å². The van der Waals surface area contributed by atoms with Crippen molar-refractivity contribution in [3.05, 3.63) is 41.9 Å². The molecule has 0 fully saturated rings. The van der Waals surface area contributed by atoms with Crippen molar-refractivity contribution in [2.75, 3.05) is 0 Å². The van der Waals surface area contributed by atoms with E-state index in [1.54, 1.807) is 0 Å². The van der Waals surface area contributed by atoms with Crippen molar-refractivity contribution in [3.63, 3.8) is 0 Å². The van der Waals surface area contributed by atoms with Gasteiger partial charge in [-0.05, 0) is 17.1 Å². The van der Waals surface area contributed by atoms with Crippen LogP contribution in [0.2, 0.25) is 0 Å². The maximum atomic E-state index is 4.04. The Kier molecular flexibility index (Phi) is 3.68. The largest absolute Gasteiger partial charge is 0.201 e. The molecule has 0 atom stereocenters. The van der Waals surface area contributed by atoms with Crippen molar-refractivity contribution in [1.82, 2.24) is 4.37 Å². The highest BCUT2D eigenvalue weighted by molar-refractivity contribution is 14.0. The molecule has 0 unspecified atom stereocenters. The molecular weight excluding hydrogens is 281 g/mol. The van der Waals surface area contributed by atoms with Crippen LogP contribution in [-0.2, 0) is 0 Å². The summed E-state index contributed by atoms with van der Waals surface area (Å²) in [5, 5.41) is 2.05. The Bertz CT molecular complexity index is 318. The molecule has 1 nitrogen and oxygen atoms in total. The summed E-state index contributed by atoms with van der Waals surface area (Å²) >= 11 is 1.48. The number of hydrogen-bond donors (Lipinski definition) is 0. The third kappa shape index (κ3) is 2.04. The number of hydrogen-bond acceptors (Lipinski definition) is 2. The van der Waals surface area contributed by atoms with Crippen LogP contribution < -0.4 is 0 Å². The minimum atomic E-state index is 0. The maximum absolute atomic E-state index is 4.04. The number of rotatable bonds is 1. The van der Waals surface area contributed by atoms with Gasteiger partial charge in [0.05, 0.1) is 0 Å². The van der Waals surface area contributed by atoms with E-state index in [-0.39, 0.29) is 24.0 Å². The lowest BCUT2D eigenvalue weighted by atomic mass is 10.1. The molecule has 0 saturated carbocycles. The van der Waals surface area contributed by atoms with E-state index < -0.39 is 0 Å². The maximum Gasteiger partial charge on any atom is 0.0485 e. The van der Waals surface area contributed by atoms with Crippen LogP contribution in [0.25, 0.3) is 11.1 Å². The average molecular weight is 289 g/mol. The summed E-state index contributed by atoms with van der Waals surface area (Å²) in [5.41, 5.74) is 2.44. The highest BCUT2D eigenvalue weighted by Crippen LogP contribution is 2.18. The van der Waals surface area contributed by atoms with Crippen molar-refractivity contribution in [3.8, 4) is 11.1 Å². The van der Waals surface area contributed by atoms with E-state index in [9.17, 15) is 0 Å². The standard InChI is InChI=1S/C9H7NS.HI/c1-2-4-8(5-3-1)9-6-10-11-7-9;/h1-7H;1H. The van der Waals surface area contributed by atoms with E-state index in [0.717, 1.165) is 0 Å². The Morgan fingerprint density at radius 1 is 1.00 bits per heavy atom. The van der Waals surface area contributed by atoms with Gasteiger partial charge in [0.15, 0.2) is 0 Å². The molecule has 2 rings (SSSR count).